The van der Waals surface area contributed by atoms with Crippen molar-refractivity contribution in [3.8, 4) is 17.2 Å². The van der Waals surface area contributed by atoms with Gasteiger partial charge in [-0.3, -0.25) is 19.2 Å². The molecule has 0 saturated carbocycles. The first kappa shape index (κ1) is 74.2. The second-order valence-corrected chi connectivity index (χ2v) is 23.3. The lowest BCUT2D eigenvalue weighted by molar-refractivity contribution is -0.152. The number of rotatable bonds is 18. The average Bonchev–Trinajstić information content (AvgIpc) is 2.52. The maximum Gasteiger partial charge on any atom is 0.328 e. The van der Waals surface area contributed by atoms with E-state index in [0.29, 0.717) is 44.9 Å². The number of carboxylic acids is 2. The molecule has 0 aliphatic carbocycles. The molecule has 89 heavy (non-hydrogen) atoms. The normalized spacial score (nSPS) is 18.3. The number of aliphatic carboxylic acids is 2. The fourth-order valence-electron chi connectivity index (χ4n) is 9.16. The van der Waals surface area contributed by atoms with Crippen LogP contribution in [-0.2, 0) is 33.5 Å². The zero-order valence-electron chi connectivity index (χ0n) is 50.4. The Hall–Kier alpha value is -7.29. The molecule has 0 radical (unpaired) electrons. The Labute approximate surface area is 544 Å². The Balaban J connectivity index is 0.000000266. The van der Waals surface area contributed by atoms with Gasteiger partial charge in [0, 0.05) is 73.0 Å². The first-order valence-corrected chi connectivity index (χ1v) is 30.2. The highest BCUT2D eigenvalue weighted by atomic mass is 35.5. The SMILES string of the molecule is CNCCN1C(=O)[C@H](O)[C@H](c2ccc(OC)cc2)Sc2ccccc21.CNCCN1C(=O)[C@H](OC(C)=O)[C@H](c2ccc(OC)cc2)Sc2ccccc21.COc1ccc([C@@H]2Sc3ccccc3N(CCN(C)C)C(=O)[C@@H]2O)cc1.Cl.Cl.O=C(O)/C=C/C(=O)O. The number of benzene rings is 6. The molecular weight excluding hydrogens is 1240 g/mol. The molecule has 20 nitrogen and oxygen atoms in total. The van der Waals surface area contributed by atoms with Gasteiger partial charge < -0.3 is 69.6 Å². The molecule has 6 atom stereocenters. The molecule has 25 heteroatoms. The number of amides is 3. The largest absolute Gasteiger partial charge is 0.497 e. The van der Waals surface area contributed by atoms with Crippen LogP contribution >= 0.6 is 60.1 Å². The van der Waals surface area contributed by atoms with E-state index in [0.717, 1.165) is 72.2 Å². The molecule has 6 N–H and O–H groups in total. The number of anilines is 3. The summed E-state index contributed by atoms with van der Waals surface area (Å²) in [6.07, 6.45) is -2.02. The van der Waals surface area contributed by atoms with Crippen LogP contribution in [0, 0.1) is 0 Å². The van der Waals surface area contributed by atoms with Gasteiger partial charge >= 0.3 is 17.9 Å². The smallest absolute Gasteiger partial charge is 0.328 e. The minimum atomic E-state index is -1.26. The van der Waals surface area contributed by atoms with Crippen LogP contribution < -0.4 is 39.5 Å². The highest BCUT2D eigenvalue weighted by molar-refractivity contribution is 8.00. The number of halogens is 2. The zero-order valence-corrected chi connectivity index (χ0v) is 54.5. The molecule has 6 aromatic carbocycles. The van der Waals surface area contributed by atoms with Crippen molar-refractivity contribution in [2.75, 3.05) is 103 Å². The summed E-state index contributed by atoms with van der Waals surface area (Å²) in [5, 5.41) is 42.3. The number of thioether (sulfide) groups is 3. The van der Waals surface area contributed by atoms with Gasteiger partial charge in [0.05, 0.1) is 54.1 Å². The molecule has 9 rings (SSSR count). The van der Waals surface area contributed by atoms with Crippen molar-refractivity contribution >= 4 is 113 Å². The maximum atomic E-state index is 13.4. The number of likely N-dealkylation sites (N-methyl/N-ethyl adjacent to an activating group) is 3. The number of fused-ring (bicyclic) bond motifs is 3. The van der Waals surface area contributed by atoms with Crippen LogP contribution in [-0.4, -0.2) is 168 Å². The summed E-state index contributed by atoms with van der Waals surface area (Å²) in [4.78, 5) is 80.4. The van der Waals surface area contributed by atoms with Crippen LogP contribution in [0.5, 0.6) is 17.2 Å². The van der Waals surface area contributed by atoms with Gasteiger partial charge in [-0.25, -0.2) is 9.59 Å². The Kier molecular flexibility index (Phi) is 30.8. The van der Waals surface area contributed by atoms with E-state index in [4.69, 9.17) is 29.2 Å². The summed E-state index contributed by atoms with van der Waals surface area (Å²) >= 11 is 4.58. The molecule has 0 spiro atoms. The minimum absolute atomic E-state index is 0. The zero-order chi connectivity index (χ0) is 63.2. The van der Waals surface area contributed by atoms with Crippen LogP contribution in [0.1, 0.15) is 39.4 Å². The van der Waals surface area contributed by atoms with E-state index >= 15 is 0 Å². The quantitative estimate of drug-likeness (QED) is 0.0347. The maximum absolute atomic E-state index is 13.4. The summed E-state index contributed by atoms with van der Waals surface area (Å²) in [6, 6.07) is 45.9. The van der Waals surface area contributed by atoms with Crippen LogP contribution in [0.3, 0.4) is 0 Å². The number of ether oxygens (including phenoxy) is 4. The summed E-state index contributed by atoms with van der Waals surface area (Å²) in [7, 11) is 12.5. The standard InChI is InChI=1S/C21H24N2O4S.C20H24N2O3S.C19H22N2O3S.C4H4O4.2ClH/c1-14(24)27-19-20(15-8-10-16(26-3)11-9-15)28-18-7-5-4-6-17(18)23(21(19)25)13-12-22-2;1-21(2)12-13-22-16-6-4-5-7-17(16)26-19(18(23)20(22)24)14-8-10-15(25-3)11-9-14;1-20-11-12-21-15-5-3-4-6-16(15)25-18(17(22)19(21)23)13-7-9-14(24-2)10-8-13;5-3(6)1-2-4(7)8;;/h4-11,19-20,22H,12-13H2,1-3H3;4-11,18-19,23H,12-13H2,1-3H3;3-10,17-18,20,22H,11-12H2,1-2H3;1-2H,(H,5,6)(H,7,8);2*1H/b;;;2-1+;;/t19-,20+;18-,19+;17-,18+;;;/m111.../s1. The summed E-state index contributed by atoms with van der Waals surface area (Å²) in [5.74, 6) is -1.51. The van der Waals surface area contributed by atoms with Crippen LogP contribution in [0.2, 0.25) is 0 Å². The molecule has 3 aliphatic heterocycles. The van der Waals surface area contributed by atoms with Gasteiger partial charge in [-0.2, -0.15) is 0 Å². The third kappa shape index (κ3) is 20.6. The number of hydrogen-bond acceptors (Lipinski definition) is 18. The molecule has 0 bridgehead atoms. The number of carbonyl (C=O) groups excluding carboxylic acids is 4. The molecular formula is C64H76Cl2N6O14S3. The first-order chi connectivity index (χ1) is 41.8. The summed E-state index contributed by atoms with van der Waals surface area (Å²) < 4.78 is 21.2. The third-order valence-electron chi connectivity index (χ3n) is 13.6. The van der Waals surface area contributed by atoms with Gasteiger partial charge in [-0.1, -0.05) is 72.8 Å². The number of carboxylic acid groups (broad SMARTS) is 2. The van der Waals surface area contributed by atoms with Crippen LogP contribution in [0.4, 0.5) is 17.1 Å². The van der Waals surface area contributed by atoms with Crippen molar-refractivity contribution in [1.82, 2.24) is 15.5 Å². The molecule has 6 aromatic rings. The number of aliphatic hydroxyl groups excluding tert-OH is 2. The highest BCUT2D eigenvalue weighted by Crippen LogP contribution is 2.49. The number of aliphatic hydroxyl groups is 2. The molecule has 3 amide bonds. The lowest BCUT2D eigenvalue weighted by atomic mass is 10.1. The predicted molar refractivity (Wildman–Crippen MR) is 354 cm³/mol. The number of para-hydroxylation sites is 3. The molecule has 0 fully saturated rings. The Morgan fingerprint density at radius 1 is 0.506 bits per heavy atom. The lowest BCUT2D eigenvalue weighted by Crippen LogP contribution is -2.45. The van der Waals surface area contributed by atoms with Crippen LogP contribution in [0.25, 0.3) is 0 Å². The fourth-order valence-corrected chi connectivity index (χ4v) is 13.0. The number of carbonyl (C=O) groups is 6. The second-order valence-electron chi connectivity index (χ2n) is 19.7. The molecule has 3 heterocycles. The van der Waals surface area contributed by atoms with E-state index in [1.807, 2.05) is 179 Å². The number of hydrogen-bond donors (Lipinski definition) is 6. The monoisotopic (exact) mass is 1320 g/mol. The van der Waals surface area contributed by atoms with Crippen molar-refractivity contribution in [1.29, 1.82) is 0 Å². The van der Waals surface area contributed by atoms with E-state index in [2.05, 4.69) is 10.6 Å². The van der Waals surface area contributed by atoms with E-state index in [1.54, 1.807) is 36.0 Å². The topological polar surface area (TPSA) is 257 Å². The first-order valence-electron chi connectivity index (χ1n) is 27.6. The van der Waals surface area contributed by atoms with Crippen molar-refractivity contribution in [2.24, 2.45) is 0 Å². The van der Waals surface area contributed by atoms with Crippen molar-refractivity contribution in [3.05, 3.63) is 174 Å². The summed E-state index contributed by atoms with van der Waals surface area (Å²) in [6.45, 7) is 4.88. The Morgan fingerprint density at radius 3 is 1.13 bits per heavy atom. The van der Waals surface area contributed by atoms with Gasteiger partial charge in [0.15, 0.2) is 6.10 Å². The number of nitrogens with zero attached hydrogens (tertiary/aromatic N) is 4. The molecule has 0 aromatic heterocycles. The number of methoxy groups -OCH3 is 3. The van der Waals surface area contributed by atoms with Crippen molar-refractivity contribution in [3.63, 3.8) is 0 Å². The van der Waals surface area contributed by atoms with Gasteiger partial charge in [0.1, 0.15) is 29.5 Å². The number of esters is 1. The van der Waals surface area contributed by atoms with Crippen molar-refractivity contribution < 1.29 is 68.1 Å². The highest BCUT2D eigenvalue weighted by Gasteiger charge is 2.42. The second kappa shape index (κ2) is 37.0. The molecule has 478 valence electrons. The molecule has 0 saturated heterocycles. The van der Waals surface area contributed by atoms with Gasteiger partial charge in [0.2, 0.25) is 0 Å². The molecule has 0 unspecified atom stereocenters. The van der Waals surface area contributed by atoms with Crippen LogP contribution in [0.15, 0.2) is 172 Å². The Morgan fingerprint density at radius 2 is 0.820 bits per heavy atom. The fraction of sp³-hybridized carbons (Fsp3) is 0.312. The molecule has 3 aliphatic rings. The van der Waals surface area contributed by atoms with E-state index < -0.39 is 36.2 Å². The van der Waals surface area contributed by atoms with Gasteiger partial charge in [-0.05, 0) is 118 Å². The van der Waals surface area contributed by atoms with E-state index in [1.165, 1.54) is 42.2 Å². The lowest BCUT2D eigenvalue weighted by Gasteiger charge is -2.27. The number of nitrogens with one attached hydrogen (secondary N) is 2. The Bertz CT molecular complexity index is 3280. The average molecular weight is 1320 g/mol. The van der Waals surface area contributed by atoms with E-state index in [-0.39, 0.29) is 58.3 Å². The van der Waals surface area contributed by atoms with Crippen molar-refractivity contribution in [2.45, 2.75) is 55.7 Å². The minimum Gasteiger partial charge on any atom is -0.497 e. The summed E-state index contributed by atoms with van der Waals surface area (Å²) in [5.41, 5.74) is 5.25. The van der Waals surface area contributed by atoms with E-state index in [9.17, 15) is 39.0 Å². The van der Waals surface area contributed by atoms with Gasteiger partial charge in [-0.15, -0.1) is 60.1 Å². The van der Waals surface area contributed by atoms with Gasteiger partial charge in [0.25, 0.3) is 17.7 Å². The third-order valence-corrected chi connectivity index (χ3v) is 17.7. The predicted octanol–water partition coefficient (Wildman–Crippen LogP) is 8.83.